The third-order valence-electron chi connectivity index (χ3n) is 4.19. The first kappa shape index (κ1) is 16.8. The van der Waals surface area contributed by atoms with E-state index in [9.17, 15) is 0 Å². The lowest BCUT2D eigenvalue weighted by molar-refractivity contribution is 0.584. The molecule has 3 heterocycles. The smallest absolute Gasteiger partial charge is 0.191 e. The molecule has 1 saturated heterocycles. The summed E-state index contributed by atoms with van der Waals surface area (Å²) in [6, 6.07) is 4.06. The van der Waals surface area contributed by atoms with Gasteiger partial charge in [-0.2, -0.15) is 11.8 Å². The molecule has 3 rings (SSSR count). The van der Waals surface area contributed by atoms with Crippen LogP contribution in [0.5, 0.6) is 0 Å². The van der Waals surface area contributed by atoms with Crippen LogP contribution in [0.4, 0.5) is 0 Å². The van der Waals surface area contributed by atoms with Crippen molar-refractivity contribution in [3.05, 3.63) is 42.6 Å². The second-order valence-corrected chi connectivity index (χ2v) is 7.86. The fourth-order valence-corrected chi connectivity index (χ4v) is 3.97. The van der Waals surface area contributed by atoms with Crippen molar-refractivity contribution in [3.63, 3.8) is 0 Å². The van der Waals surface area contributed by atoms with Gasteiger partial charge in [0.2, 0.25) is 0 Å². The maximum absolute atomic E-state index is 4.46. The van der Waals surface area contributed by atoms with Crippen LogP contribution in [0.2, 0.25) is 0 Å². The molecule has 2 aromatic rings. The molecule has 0 saturated carbocycles. The largest absolute Gasteiger partial charge is 0.355 e. The summed E-state index contributed by atoms with van der Waals surface area (Å²) in [5.41, 5.74) is 1.11. The highest BCUT2D eigenvalue weighted by Gasteiger charge is 2.29. The predicted octanol–water partition coefficient (Wildman–Crippen LogP) is 2.22. The number of nitrogens with zero attached hydrogens (tertiary/aromatic N) is 4. The molecule has 7 heteroatoms. The summed E-state index contributed by atoms with van der Waals surface area (Å²) in [7, 11) is 1.81. The molecule has 0 spiro atoms. The zero-order chi connectivity index (χ0) is 16.8. The van der Waals surface area contributed by atoms with E-state index >= 15 is 0 Å². The molecule has 1 aliphatic rings. The number of hydrogen-bond acceptors (Lipinski definition) is 4. The van der Waals surface area contributed by atoms with Gasteiger partial charge in [-0.05, 0) is 37.1 Å². The Bertz CT molecular complexity index is 659. The van der Waals surface area contributed by atoms with Crippen molar-refractivity contribution in [2.75, 3.05) is 19.3 Å². The molecule has 0 radical (unpaired) electrons. The van der Waals surface area contributed by atoms with Crippen LogP contribution in [0.3, 0.4) is 0 Å². The van der Waals surface area contributed by atoms with Crippen molar-refractivity contribution in [2.45, 2.75) is 31.1 Å². The van der Waals surface area contributed by atoms with E-state index < -0.39 is 0 Å². The van der Waals surface area contributed by atoms with Gasteiger partial charge in [-0.3, -0.25) is 9.56 Å². The minimum absolute atomic E-state index is 0.325. The summed E-state index contributed by atoms with van der Waals surface area (Å²) in [5, 5.41) is 6.79. The lowest BCUT2D eigenvalue weighted by Crippen LogP contribution is -2.43. The predicted molar refractivity (Wildman–Crippen MR) is 99.7 cm³/mol. The van der Waals surface area contributed by atoms with Gasteiger partial charge >= 0.3 is 0 Å². The van der Waals surface area contributed by atoms with E-state index in [2.05, 4.69) is 38.6 Å². The zero-order valence-electron chi connectivity index (χ0n) is 14.2. The third-order valence-corrected chi connectivity index (χ3v) is 5.73. The molecular weight excluding hydrogens is 320 g/mol. The van der Waals surface area contributed by atoms with E-state index in [1.54, 1.807) is 19.6 Å². The first-order chi connectivity index (χ1) is 11.7. The molecule has 128 valence electrons. The normalized spacial score (nSPS) is 21.0. The highest BCUT2D eigenvalue weighted by atomic mass is 32.2. The van der Waals surface area contributed by atoms with Gasteiger partial charge in [0.1, 0.15) is 12.1 Å². The first-order valence-electron chi connectivity index (χ1n) is 8.20. The SMILES string of the molecule is CN=C(NCc1ccc(-n2ccnc2)nc1)NCC1(C)CCCS1. The lowest BCUT2D eigenvalue weighted by atomic mass is 10.1. The summed E-state index contributed by atoms with van der Waals surface area (Å²) >= 11 is 2.05. The number of rotatable bonds is 5. The van der Waals surface area contributed by atoms with Crippen LogP contribution in [0.15, 0.2) is 42.0 Å². The molecule has 24 heavy (non-hydrogen) atoms. The summed E-state index contributed by atoms with van der Waals surface area (Å²) in [4.78, 5) is 12.8. The molecule has 2 aromatic heterocycles. The van der Waals surface area contributed by atoms with Crippen LogP contribution in [-0.4, -0.2) is 44.6 Å². The molecule has 0 bridgehead atoms. The lowest BCUT2D eigenvalue weighted by Gasteiger charge is -2.24. The Hall–Kier alpha value is -2.02. The van der Waals surface area contributed by atoms with Crippen LogP contribution >= 0.6 is 11.8 Å². The van der Waals surface area contributed by atoms with Crippen molar-refractivity contribution in [1.82, 2.24) is 25.2 Å². The van der Waals surface area contributed by atoms with E-state index in [0.717, 1.165) is 23.9 Å². The molecular formula is C17H24N6S. The monoisotopic (exact) mass is 344 g/mol. The number of thioether (sulfide) groups is 1. The molecule has 1 aliphatic heterocycles. The zero-order valence-corrected chi connectivity index (χ0v) is 15.0. The van der Waals surface area contributed by atoms with Gasteiger partial charge in [-0.25, -0.2) is 9.97 Å². The van der Waals surface area contributed by atoms with E-state index in [-0.39, 0.29) is 0 Å². The van der Waals surface area contributed by atoms with Crippen LogP contribution < -0.4 is 10.6 Å². The number of aliphatic imine (C=N–C) groups is 1. The molecule has 1 atom stereocenters. The van der Waals surface area contributed by atoms with Crippen molar-refractivity contribution < 1.29 is 0 Å². The summed E-state index contributed by atoms with van der Waals surface area (Å²) < 4.78 is 2.21. The fraction of sp³-hybridized carbons (Fsp3) is 0.471. The average molecular weight is 344 g/mol. The van der Waals surface area contributed by atoms with Crippen molar-refractivity contribution in [1.29, 1.82) is 0 Å². The summed E-state index contributed by atoms with van der Waals surface area (Å²) in [6.07, 6.45) is 9.83. The highest BCUT2D eigenvalue weighted by molar-refractivity contribution is 8.00. The summed E-state index contributed by atoms with van der Waals surface area (Å²) in [5.74, 6) is 2.96. The van der Waals surface area contributed by atoms with Crippen molar-refractivity contribution in [2.24, 2.45) is 4.99 Å². The topological polar surface area (TPSA) is 67.1 Å². The molecule has 1 unspecified atom stereocenters. The third kappa shape index (κ3) is 4.29. The molecule has 1 fully saturated rings. The van der Waals surface area contributed by atoms with Crippen LogP contribution in [-0.2, 0) is 6.54 Å². The van der Waals surface area contributed by atoms with Gasteiger partial charge in [-0.15, -0.1) is 0 Å². The first-order valence-corrected chi connectivity index (χ1v) is 9.19. The van der Waals surface area contributed by atoms with Gasteiger partial charge in [0.05, 0.1) is 0 Å². The second kappa shape index (κ2) is 7.70. The van der Waals surface area contributed by atoms with Gasteiger partial charge in [0.15, 0.2) is 5.96 Å². The number of aromatic nitrogens is 3. The van der Waals surface area contributed by atoms with Crippen molar-refractivity contribution in [3.8, 4) is 5.82 Å². The minimum atomic E-state index is 0.325. The molecule has 0 aromatic carbocycles. The molecule has 2 N–H and O–H groups in total. The van der Waals surface area contributed by atoms with E-state index in [1.165, 1.54) is 18.6 Å². The Kier molecular flexibility index (Phi) is 5.40. The maximum Gasteiger partial charge on any atom is 0.191 e. The van der Waals surface area contributed by atoms with Gasteiger partial charge in [0.25, 0.3) is 0 Å². The van der Waals surface area contributed by atoms with Crippen LogP contribution in [0.25, 0.3) is 5.82 Å². The molecule has 0 amide bonds. The van der Waals surface area contributed by atoms with Gasteiger partial charge in [-0.1, -0.05) is 6.07 Å². The standard InChI is InChI=1S/C17H24N6S/c1-17(6-3-9-24-17)12-22-16(18-2)21-11-14-4-5-15(20-10-14)23-8-7-19-13-23/h4-5,7-8,10,13H,3,6,9,11-12H2,1-2H3,(H2,18,21,22). The minimum Gasteiger partial charge on any atom is -0.355 e. The Morgan fingerprint density at radius 1 is 1.42 bits per heavy atom. The van der Waals surface area contributed by atoms with E-state index in [1.807, 2.05) is 34.8 Å². The number of hydrogen-bond donors (Lipinski definition) is 2. The quantitative estimate of drug-likeness (QED) is 0.643. The Labute approximate surface area is 147 Å². The number of nitrogens with one attached hydrogen (secondary N) is 2. The van der Waals surface area contributed by atoms with Gasteiger partial charge in [0, 0.05) is 43.5 Å². The number of pyridine rings is 1. The average Bonchev–Trinajstić information content (AvgIpc) is 3.28. The van der Waals surface area contributed by atoms with Gasteiger partial charge < -0.3 is 10.6 Å². The Morgan fingerprint density at radius 3 is 2.96 bits per heavy atom. The summed E-state index contributed by atoms with van der Waals surface area (Å²) in [6.45, 7) is 3.96. The number of imidazole rings is 1. The van der Waals surface area contributed by atoms with Crippen LogP contribution in [0, 0.1) is 0 Å². The van der Waals surface area contributed by atoms with Crippen LogP contribution in [0.1, 0.15) is 25.3 Å². The van der Waals surface area contributed by atoms with E-state index in [4.69, 9.17) is 0 Å². The van der Waals surface area contributed by atoms with Crippen molar-refractivity contribution >= 4 is 17.7 Å². The molecule has 0 aliphatic carbocycles. The Morgan fingerprint density at radius 2 is 2.33 bits per heavy atom. The number of guanidine groups is 1. The maximum atomic E-state index is 4.46. The highest BCUT2D eigenvalue weighted by Crippen LogP contribution is 2.36. The Balaban J connectivity index is 1.50. The second-order valence-electron chi connectivity index (χ2n) is 6.18. The fourth-order valence-electron chi connectivity index (χ4n) is 2.72. The molecule has 6 nitrogen and oxygen atoms in total. The van der Waals surface area contributed by atoms with E-state index in [0.29, 0.717) is 11.3 Å².